The van der Waals surface area contributed by atoms with E-state index >= 15 is 0 Å². The Morgan fingerprint density at radius 1 is 0.964 bits per heavy atom. The topological polar surface area (TPSA) is 134 Å². The largest absolute Gasteiger partial charge is 0.352 e. The Hall–Kier alpha value is -3.67. The van der Waals surface area contributed by atoms with Crippen molar-refractivity contribution in [3.05, 3.63) is 71.3 Å². The van der Waals surface area contributed by atoms with Gasteiger partial charge in [-0.05, 0) is 36.4 Å². The van der Waals surface area contributed by atoms with E-state index in [0.29, 0.717) is 5.56 Å². The number of carbonyl (C=O) groups is 3. The third kappa shape index (κ3) is 6.25. The predicted molar refractivity (Wildman–Crippen MR) is 102 cm³/mol. The van der Waals surface area contributed by atoms with Crippen LogP contribution in [0.3, 0.4) is 0 Å². The zero-order valence-electron chi connectivity index (χ0n) is 14.9. The number of hydrogen-bond acceptors (Lipinski definition) is 5. The summed E-state index contributed by atoms with van der Waals surface area (Å²) in [6.45, 7) is -0.471. The van der Waals surface area contributed by atoms with Crippen molar-refractivity contribution in [1.82, 2.24) is 16.1 Å². The second-order valence-corrected chi connectivity index (χ2v) is 5.70. The van der Waals surface area contributed by atoms with Crippen LogP contribution in [0.5, 0.6) is 0 Å². The van der Waals surface area contributed by atoms with Gasteiger partial charge in [0.05, 0.1) is 6.54 Å². The van der Waals surface area contributed by atoms with E-state index in [9.17, 15) is 14.4 Å². The molecule has 0 aliphatic heterocycles. The van der Waals surface area contributed by atoms with Gasteiger partial charge in [-0.3, -0.25) is 19.6 Å². The summed E-state index contributed by atoms with van der Waals surface area (Å²) in [7, 11) is 0. The second-order valence-electron chi connectivity index (χ2n) is 5.70. The molecule has 0 fully saturated rings. The molecule has 0 saturated carbocycles. The molecular weight excluding hydrogens is 360 g/mol. The molecule has 0 radical (unpaired) electrons. The molecule has 2 aromatic carbocycles. The van der Waals surface area contributed by atoms with Crippen LogP contribution in [0.15, 0.2) is 54.6 Å². The fourth-order valence-electron chi connectivity index (χ4n) is 2.19. The van der Waals surface area contributed by atoms with Crippen molar-refractivity contribution in [3.8, 4) is 11.8 Å². The van der Waals surface area contributed by atoms with Crippen LogP contribution in [0.1, 0.15) is 21.5 Å². The van der Waals surface area contributed by atoms with E-state index in [-0.39, 0.29) is 13.1 Å². The number of nitrogens with two attached hydrogens (primary N) is 1. The molecule has 1 atom stereocenters. The van der Waals surface area contributed by atoms with Crippen molar-refractivity contribution < 1.29 is 19.6 Å². The Labute approximate surface area is 162 Å². The van der Waals surface area contributed by atoms with E-state index in [1.165, 1.54) is 5.48 Å². The first-order chi connectivity index (χ1) is 13.5. The highest BCUT2D eigenvalue weighted by atomic mass is 16.5. The molecule has 0 heterocycles. The standard InChI is InChI=1S/C20H20N4O4/c21-12-18(25)22-13-17(20(27)24-28)23-19(26)16-10-8-15(9-11-16)7-6-14-4-2-1-3-5-14/h1-5,8-11,17,28H,12-13,21H2,(H,22,25)(H,23,26)(H,24,27). The van der Waals surface area contributed by atoms with Crippen LogP contribution in [0.25, 0.3) is 0 Å². The minimum Gasteiger partial charge on any atom is -0.352 e. The van der Waals surface area contributed by atoms with Gasteiger partial charge in [-0.25, -0.2) is 5.48 Å². The van der Waals surface area contributed by atoms with E-state index in [4.69, 9.17) is 10.9 Å². The van der Waals surface area contributed by atoms with Gasteiger partial charge in [-0.2, -0.15) is 0 Å². The molecule has 0 saturated heterocycles. The van der Waals surface area contributed by atoms with E-state index in [1.807, 2.05) is 30.3 Å². The summed E-state index contributed by atoms with van der Waals surface area (Å²) < 4.78 is 0. The fraction of sp³-hybridized carbons (Fsp3) is 0.150. The Morgan fingerprint density at radius 2 is 1.57 bits per heavy atom. The zero-order valence-corrected chi connectivity index (χ0v) is 14.9. The van der Waals surface area contributed by atoms with E-state index < -0.39 is 23.8 Å². The first-order valence-electron chi connectivity index (χ1n) is 8.42. The van der Waals surface area contributed by atoms with E-state index in [1.54, 1.807) is 24.3 Å². The highest BCUT2D eigenvalue weighted by molar-refractivity contribution is 5.97. The van der Waals surface area contributed by atoms with Gasteiger partial charge in [0, 0.05) is 23.2 Å². The highest BCUT2D eigenvalue weighted by Crippen LogP contribution is 2.05. The monoisotopic (exact) mass is 380 g/mol. The molecule has 2 rings (SSSR count). The SMILES string of the molecule is NCC(=O)NCC(NC(=O)c1ccc(C#Cc2ccccc2)cc1)C(=O)NO. The molecule has 0 aromatic heterocycles. The van der Waals surface area contributed by atoms with E-state index in [0.717, 1.165) is 11.1 Å². The lowest BCUT2D eigenvalue weighted by Gasteiger charge is -2.17. The van der Waals surface area contributed by atoms with Crippen molar-refractivity contribution in [2.45, 2.75) is 6.04 Å². The lowest BCUT2D eigenvalue weighted by atomic mass is 10.1. The van der Waals surface area contributed by atoms with Gasteiger partial charge in [0.2, 0.25) is 5.91 Å². The molecule has 0 aliphatic rings. The van der Waals surface area contributed by atoms with Gasteiger partial charge in [-0.15, -0.1) is 0 Å². The summed E-state index contributed by atoms with van der Waals surface area (Å²) in [5.41, 5.74) is 8.52. The molecule has 3 amide bonds. The van der Waals surface area contributed by atoms with Gasteiger partial charge in [-0.1, -0.05) is 30.0 Å². The molecule has 2 aromatic rings. The summed E-state index contributed by atoms with van der Waals surface area (Å²) in [4.78, 5) is 35.2. The van der Waals surface area contributed by atoms with Crippen LogP contribution in [0, 0.1) is 11.8 Å². The highest BCUT2D eigenvalue weighted by Gasteiger charge is 2.21. The summed E-state index contributed by atoms with van der Waals surface area (Å²) in [5.74, 6) is 4.11. The zero-order chi connectivity index (χ0) is 20.4. The number of amides is 3. The molecular formula is C20H20N4O4. The van der Waals surface area contributed by atoms with Crippen molar-refractivity contribution in [2.24, 2.45) is 5.73 Å². The van der Waals surface area contributed by atoms with Gasteiger partial charge >= 0.3 is 0 Å². The third-order valence-electron chi connectivity index (χ3n) is 3.69. The molecule has 0 spiro atoms. The Balaban J connectivity index is 2.03. The number of rotatable bonds is 6. The molecule has 1 unspecified atom stereocenters. The summed E-state index contributed by atoms with van der Waals surface area (Å²) in [5, 5.41) is 13.6. The van der Waals surface area contributed by atoms with Crippen LogP contribution in [-0.2, 0) is 9.59 Å². The Bertz CT molecular complexity index is 886. The van der Waals surface area contributed by atoms with Crippen LogP contribution in [0.4, 0.5) is 0 Å². The number of benzene rings is 2. The lowest BCUT2D eigenvalue weighted by Crippen LogP contribution is -2.52. The van der Waals surface area contributed by atoms with Crippen molar-refractivity contribution in [1.29, 1.82) is 0 Å². The Kier molecular flexibility index (Phi) is 7.72. The number of hydroxylamine groups is 1. The quantitative estimate of drug-likeness (QED) is 0.268. The number of hydrogen-bond donors (Lipinski definition) is 5. The number of carbonyl (C=O) groups excluding carboxylic acids is 3. The Morgan fingerprint density at radius 3 is 2.14 bits per heavy atom. The normalized spacial score (nSPS) is 10.8. The van der Waals surface area contributed by atoms with Gasteiger partial charge < -0.3 is 16.4 Å². The maximum Gasteiger partial charge on any atom is 0.267 e. The van der Waals surface area contributed by atoms with Gasteiger partial charge in [0.1, 0.15) is 6.04 Å². The van der Waals surface area contributed by atoms with Gasteiger partial charge in [0.25, 0.3) is 11.8 Å². The van der Waals surface area contributed by atoms with Crippen molar-refractivity contribution in [2.75, 3.05) is 13.1 Å². The van der Waals surface area contributed by atoms with E-state index in [2.05, 4.69) is 22.5 Å². The molecule has 144 valence electrons. The average Bonchev–Trinajstić information content (AvgIpc) is 2.75. The minimum absolute atomic E-state index is 0.213. The summed E-state index contributed by atoms with van der Waals surface area (Å²) in [6.07, 6.45) is 0. The minimum atomic E-state index is -1.16. The predicted octanol–water partition coefficient (Wildman–Crippen LogP) is -0.235. The summed E-state index contributed by atoms with van der Waals surface area (Å²) in [6, 6.07) is 14.8. The first kappa shape index (κ1) is 20.6. The summed E-state index contributed by atoms with van der Waals surface area (Å²) >= 11 is 0. The average molecular weight is 380 g/mol. The van der Waals surface area contributed by atoms with Crippen LogP contribution in [0.2, 0.25) is 0 Å². The van der Waals surface area contributed by atoms with Crippen LogP contribution in [-0.4, -0.2) is 42.1 Å². The maximum atomic E-state index is 12.3. The second kappa shape index (κ2) is 10.5. The molecule has 6 N–H and O–H groups in total. The number of nitrogens with one attached hydrogen (secondary N) is 3. The fourth-order valence-corrected chi connectivity index (χ4v) is 2.19. The van der Waals surface area contributed by atoms with Gasteiger partial charge in [0.15, 0.2) is 0 Å². The third-order valence-corrected chi connectivity index (χ3v) is 3.69. The van der Waals surface area contributed by atoms with Crippen LogP contribution >= 0.6 is 0 Å². The molecule has 0 aliphatic carbocycles. The molecule has 8 nitrogen and oxygen atoms in total. The van der Waals surface area contributed by atoms with Crippen molar-refractivity contribution in [3.63, 3.8) is 0 Å². The molecule has 0 bridgehead atoms. The smallest absolute Gasteiger partial charge is 0.267 e. The molecule has 28 heavy (non-hydrogen) atoms. The maximum absolute atomic E-state index is 12.3. The van der Waals surface area contributed by atoms with Crippen LogP contribution < -0.4 is 21.8 Å². The van der Waals surface area contributed by atoms with Crippen molar-refractivity contribution >= 4 is 17.7 Å². The first-order valence-corrected chi connectivity index (χ1v) is 8.42. The molecule has 8 heteroatoms. The lowest BCUT2D eigenvalue weighted by molar-refractivity contribution is -0.131.